The standard InChI is InChI=1S/C20H16BrN/c21-19-11-22-20(17-4-2-1-3-16(17)19)14-7-8-15-12-5-6-13(9-12)18(15)10-14/h1-4,7-8,10-13H,5-6,9H2. The summed E-state index contributed by atoms with van der Waals surface area (Å²) in [6, 6.07) is 15.5. The van der Waals surface area contributed by atoms with Crippen LogP contribution < -0.4 is 0 Å². The Morgan fingerprint density at radius 1 is 0.909 bits per heavy atom. The first-order valence-electron chi connectivity index (χ1n) is 7.99. The summed E-state index contributed by atoms with van der Waals surface area (Å²) in [4.78, 5) is 4.72. The summed E-state index contributed by atoms with van der Waals surface area (Å²) < 4.78 is 1.06. The van der Waals surface area contributed by atoms with E-state index in [1.165, 1.54) is 35.6 Å². The van der Waals surface area contributed by atoms with Crippen molar-refractivity contribution in [3.05, 3.63) is 64.3 Å². The van der Waals surface area contributed by atoms with Gasteiger partial charge >= 0.3 is 0 Å². The number of fused-ring (bicyclic) bond motifs is 6. The Kier molecular flexibility index (Phi) is 2.72. The van der Waals surface area contributed by atoms with Crippen molar-refractivity contribution < 1.29 is 0 Å². The van der Waals surface area contributed by atoms with Crippen molar-refractivity contribution in [2.75, 3.05) is 0 Å². The third-order valence-electron chi connectivity index (χ3n) is 5.42. The van der Waals surface area contributed by atoms with Gasteiger partial charge in [-0.15, -0.1) is 0 Å². The Balaban J connectivity index is 1.73. The van der Waals surface area contributed by atoms with Crippen molar-refractivity contribution in [1.29, 1.82) is 0 Å². The van der Waals surface area contributed by atoms with Crippen LogP contribution in [0.4, 0.5) is 0 Å². The molecule has 1 aromatic heterocycles. The molecule has 3 aromatic rings. The second-order valence-corrected chi connectivity index (χ2v) is 7.41. The Morgan fingerprint density at radius 2 is 1.68 bits per heavy atom. The van der Waals surface area contributed by atoms with Gasteiger partial charge in [-0.25, -0.2) is 0 Å². The summed E-state index contributed by atoms with van der Waals surface area (Å²) >= 11 is 3.62. The van der Waals surface area contributed by atoms with E-state index in [0.717, 1.165) is 22.0 Å². The third-order valence-corrected chi connectivity index (χ3v) is 6.05. The smallest absolute Gasteiger partial charge is 0.0781 e. The molecule has 0 N–H and O–H groups in total. The Bertz CT molecular complexity index is 899. The SMILES string of the molecule is Brc1cnc(-c2ccc3c(c2)C2CCC3C2)c2ccccc12. The zero-order valence-electron chi connectivity index (χ0n) is 12.2. The lowest BCUT2D eigenvalue weighted by Gasteiger charge is -2.16. The molecular weight excluding hydrogens is 334 g/mol. The highest BCUT2D eigenvalue weighted by atomic mass is 79.9. The maximum Gasteiger partial charge on any atom is 0.0781 e. The molecule has 0 spiro atoms. The van der Waals surface area contributed by atoms with E-state index < -0.39 is 0 Å². The highest BCUT2D eigenvalue weighted by Gasteiger charge is 2.36. The number of rotatable bonds is 1. The molecule has 2 aliphatic carbocycles. The van der Waals surface area contributed by atoms with Gasteiger partial charge in [0.1, 0.15) is 0 Å². The fourth-order valence-corrected chi connectivity index (χ4v) is 4.83. The van der Waals surface area contributed by atoms with Crippen LogP contribution in [0.3, 0.4) is 0 Å². The van der Waals surface area contributed by atoms with Crippen LogP contribution in [0.15, 0.2) is 53.1 Å². The highest BCUT2D eigenvalue weighted by molar-refractivity contribution is 9.10. The van der Waals surface area contributed by atoms with Gasteiger partial charge in [0.2, 0.25) is 0 Å². The lowest BCUT2D eigenvalue weighted by Crippen LogP contribution is -1.98. The molecular formula is C20H16BrN. The molecule has 1 nitrogen and oxygen atoms in total. The molecule has 0 amide bonds. The van der Waals surface area contributed by atoms with Crippen molar-refractivity contribution in [2.45, 2.75) is 31.1 Å². The quantitative estimate of drug-likeness (QED) is 0.522. The number of aromatic nitrogens is 1. The van der Waals surface area contributed by atoms with E-state index in [-0.39, 0.29) is 0 Å². The van der Waals surface area contributed by atoms with Crippen LogP contribution in [0.25, 0.3) is 22.0 Å². The fraction of sp³-hybridized carbons (Fsp3) is 0.250. The van der Waals surface area contributed by atoms with Crippen LogP contribution in [0.1, 0.15) is 42.2 Å². The largest absolute Gasteiger partial charge is 0.254 e. The van der Waals surface area contributed by atoms with Crippen LogP contribution in [0, 0.1) is 0 Å². The van der Waals surface area contributed by atoms with Crippen molar-refractivity contribution in [1.82, 2.24) is 4.98 Å². The van der Waals surface area contributed by atoms with E-state index in [4.69, 9.17) is 4.98 Å². The summed E-state index contributed by atoms with van der Waals surface area (Å²) in [5.74, 6) is 1.62. The van der Waals surface area contributed by atoms with Gasteiger partial charge in [-0.1, -0.05) is 36.4 Å². The number of benzene rings is 2. The summed E-state index contributed by atoms with van der Waals surface area (Å²) in [6.07, 6.45) is 6.05. The molecule has 2 aliphatic rings. The third kappa shape index (κ3) is 1.73. The Hall–Kier alpha value is -1.67. The van der Waals surface area contributed by atoms with Crippen LogP contribution in [0.2, 0.25) is 0 Å². The zero-order valence-corrected chi connectivity index (χ0v) is 13.8. The number of halogens is 1. The van der Waals surface area contributed by atoms with Gasteiger partial charge in [-0.3, -0.25) is 4.98 Å². The van der Waals surface area contributed by atoms with Gasteiger partial charge in [0.05, 0.1) is 5.69 Å². The number of hydrogen-bond acceptors (Lipinski definition) is 1. The Morgan fingerprint density at radius 3 is 2.55 bits per heavy atom. The molecule has 2 heteroatoms. The van der Waals surface area contributed by atoms with Gasteiger partial charge < -0.3 is 0 Å². The van der Waals surface area contributed by atoms with Crippen LogP contribution >= 0.6 is 15.9 Å². The minimum Gasteiger partial charge on any atom is -0.254 e. The van der Waals surface area contributed by atoms with E-state index >= 15 is 0 Å². The van der Waals surface area contributed by atoms with Crippen LogP contribution in [-0.4, -0.2) is 4.98 Å². The van der Waals surface area contributed by atoms with Gasteiger partial charge in [0.15, 0.2) is 0 Å². The van der Waals surface area contributed by atoms with E-state index in [9.17, 15) is 0 Å². The minimum absolute atomic E-state index is 0.793. The molecule has 22 heavy (non-hydrogen) atoms. The molecule has 108 valence electrons. The predicted molar refractivity (Wildman–Crippen MR) is 94.2 cm³/mol. The summed E-state index contributed by atoms with van der Waals surface area (Å²) in [5.41, 5.74) is 5.54. The molecule has 2 bridgehead atoms. The summed E-state index contributed by atoms with van der Waals surface area (Å²) in [6.45, 7) is 0. The minimum atomic E-state index is 0.793. The van der Waals surface area contributed by atoms with Crippen molar-refractivity contribution >= 4 is 26.7 Å². The first kappa shape index (κ1) is 12.8. The number of hydrogen-bond donors (Lipinski definition) is 0. The second kappa shape index (κ2) is 4.66. The van der Waals surface area contributed by atoms with E-state index in [1.54, 1.807) is 11.1 Å². The van der Waals surface area contributed by atoms with Gasteiger partial charge in [0.25, 0.3) is 0 Å². The van der Waals surface area contributed by atoms with Crippen molar-refractivity contribution in [3.63, 3.8) is 0 Å². The molecule has 0 aliphatic heterocycles. The van der Waals surface area contributed by atoms with E-state index in [1.807, 2.05) is 6.20 Å². The maximum atomic E-state index is 4.72. The number of nitrogens with zero attached hydrogens (tertiary/aromatic N) is 1. The van der Waals surface area contributed by atoms with Crippen LogP contribution in [-0.2, 0) is 0 Å². The average Bonchev–Trinajstić information content (AvgIpc) is 3.17. The average molecular weight is 350 g/mol. The Labute approximate surface area is 138 Å². The molecule has 2 aromatic carbocycles. The molecule has 2 unspecified atom stereocenters. The van der Waals surface area contributed by atoms with Crippen molar-refractivity contribution in [3.8, 4) is 11.3 Å². The van der Waals surface area contributed by atoms with E-state index in [2.05, 4.69) is 58.4 Å². The maximum absolute atomic E-state index is 4.72. The lowest BCUT2D eigenvalue weighted by atomic mass is 9.89. The number of pyridine rings is 1. The topological polar surface area (TPSA) is 12.9 Å². The molecule has 1 fully saturated rings. The van der Waals surface area contributed by atoms with Gasteiger partial charge in [-0.05, 0) is 69.6 Å². The highest BCUT2D eigenvalue weighted by Crippen LogP contribution is 2.53. The second-order valence-electron chi connectivity index (χ2n) is 6.55. The van der Waals surface area contributed by atoms with Gasteiger partial charge in [0, 0.05) is 21.6 Å². The first-order chi connectivity index (χ1) is 10.8. The molecule has 0 radical (unpaired) electrons. The monoisotopic (exact) mass is 349 g/mol. The molecule has 5 rings (SSSR count). The molecule has 2 atom stereocenters. The van der Waals surface area contributed by atoms with Crippen molar-refractivity contribution in [2.24, 2.45) is 0 Å². The summed E-state index contributed by atoms with van der Waals surface area (Å²) in [7, 11) is 0. The van der Waals surface area contributed by atoms with Gasteiger partial charge in [-0.2, -0.15) is 0 Å². The molecule has 1 heterocycles. The van der Waals surface area contributed by atoms with E-state index in [0.29, 0.717) is 0 Å². The normalized spacial score (nSPS) is 22.2. The predicted octanol–water partition coefficient (Wildman–Crippen LogP) is 6.03. The molecule has 0 saturated heterocycles. The first-order valence-corrected chi connectivity index (χ1v) is 8.78. The zero-order chi connectivity index (χ0) is 14.7. The lowest BCUT2D eigenvalue weighted by molar-refractivity contribution is 0.718. The fourth-order valence-electron chi connectivity index (χ4n) is 4.38. The van der Waals surface area contributed by atoms with Crippen LogP contribution in [0.5, 0.6) is 0 Å². The summed E-state index contributed by atoms with van der Waals surface area (Å²) in [5, 5.41) is 2.45. The molecule has 1 saturated carbocycles.